The Bertz CT molecular complexity index is 1290. The molecule has 0 bridgehead atoms. The van der Waals surface area contributed by atoms with Crippen molar-refractivity contribution in [1.82, 2.24) is 9.88 Å². The molecule has 0 unspecified atom stereocenters. The third kappa shape index (κ3) is 5.28. The van der Waals surface area contributed by atoms with Gasteiger partial charge in [0.1, 0.15) is 5.82 Å². The number of carbonyl (C=O) groups excluding carboxylic acids is 1. The Balaban J connectivity index is 1.29. The number of amides is 1. The molecule has 0 radical (unpaired) electrons. The molecular formula is C21H21FN4O5S2. The average molecular weight is 493 g/mol. The molecule has 0 aliphatic carbocycles. The van der Waals surface area contributed by atoms with Crippen LogP contribution in [0.15, 0.2) is 47.4 Å². The number of piperazine rings is 1. The van der Waals surface area contributed by atoms with Crippen LogP contribution < -0.4 is 4.90 Å². The summed E-state index contributed by atoms with van der Waals surface area (Å²) in [4.78, 5) is 31.4. The first-order valence-corrected chi connectivity index (χ1v) is 12.8. The lowest BCUT2D eigenvalue weighted by Crippen LogP contribution is -2.48. The molecule has 1 saturated heterocycles. The van der Waals surface area contributed by atoms with E-state index in [0.717, 1.165) is 22.0 Å². The highest BCUT2D eigenvalue weighted by Crippen LogP contribution is 2.31. The van der Waals surface area contributed by atoms with Gasteiger partial charge in [-0.05, 0) is 36.8 Å². The molecule has 0 atom stereocenters. The van der Waals surface area contributed by atoms with E-state index in [2.05, 4.69) is 4.98 Å². The van der Waals surface area contributed by atoms with Gasteiger partial charge in [-0.15, -0.1) is 0 Å². The van der Waals surface area contributed by atoms with Crippen LogP contribution in [0.25, 0.3) is 10.2 Å². The second-order valence-corrected chi connectivity index (χ2v) is 10.8. The molecule has 12 heteroatoms. The number of carbonyl (C=O) groups is 1. The maximum absolute atomic E-state index is 13.0. The molecule has 33 heavy (non-hydrogen) atoms. The molecular weight excluding hydrogens is 471 g/mol. The van der Waals surface area contributed by atoms with Crippen molar-refractivity contribution in [3.8, 4) is 0 Å². The fourth-order valence-corrected chi connectivity index (χ4v) is 5.99. The van der Waals surface area contributed by atoms with Gasteiger partial charge in [-0.2, -0.15) is 0 Å². The summed E-state index contributed by atoms with van der Waals surface area (Å²) in [6.45, 7) is 2.11. The van der Waals surface area contributed by atoms with E-state index in [1.54, 1.807) is 11.0 Å². The Morgan fingerprint density at radius 3 is 2.48 bits per heavy atom. The second kappa shape index (κ2) is 9.40. The minimum absolute atomic E-state index is 0.0227. The molecule has 1 aliphatic rings. The van der Waals surface area contributed by atoms with Crippen LogP contribution in [0.4, 0.5) is 15.2 Å². The van der Waals surface area contributed by atoms with Gasteiger partial charge in [0.05, 0.1) is 25.8 Å². The van der Waals surface area contributed by atoms with E-state index in [-0.39, 0.29) is 35.1 Å². The van der Waals surface area contributed by atoms with E-state index in [4.69, 9.17) is 0 Å². The predicted molar refractivity (Wildman–Crippen MR) is 123 cm³/mol. The van der Waals surface area contributed by atoms with Gasteiger partial charge in [-0.25, -0.2) is 17.8 Å². The number of nitrogens with zero attached hydrogens (tertiary/aromatic N) is 4. The summed E-state index contributed by atoms with van der Waals surface area (Å²) in [7, 11) is -3.56. The van der Waals surface area contributed by atoms with Crippen molar-refractivity contribution < 1.29 is 22.5 Å². The zero-order valence-corrected chi connectivity index (χ0v) is 19.1. The first kappa shape index (κ1) is 23.1. The van der Waals surface area contributed by atoms with Gasteiger partial charge < -0.3 is 9.80 Å². The Kier molecular flexibility index (Phi) is 6.56. The molecule has 1 amide bonds. The highest BCUT2D eigenvalue weighted by Gasteiger charge is 2.24. The molecule has 4 rings (SSSR count). The van der Waals surface area contributed by atoms with Gasteiger partial charge in [0.15, 0.2) is 15.0 Å². The molecule has 0 spiro atoms. The number of benzene rings is 2. The van der Waals surface area contributed by atoms with Gasteiger partial charge >= 0.3 is 0 Å². The lowest BCUT2D eigenvalue weighted by Gasteiger charge is -2.34. The van der Waals surface area contributed by atoms with Crippen LogP contribution in [0.1, 0.15) is 12.8 Å². The van der Waals surface area contributed by atoms with Gasteiger partial charge in [0, 0.05) is 44.7 Å². The lowest BCUT2D eigenvalue weighted by atomic mass is 10.2. The van der Waals surface area contributed by atoms with E-state index < -0.39 is 20.6 Å². The van der Waals surface area contributed by atoms with Crippen molar-refractivity contribution in [1.29, 1.82) is 0 Å². The van der Waals surface area contributed by atoms with Crippen molar-refractivity contribution in [2.45, 2.75) is 17.7 Å². The van der Waals surface area contributed by atoms with Crippen LogP contribution in [0.5, 0.6) is 0 Å². The smallest absolute Gasteiger partial charge is 0.270 e. The molecule has 174 valence electrons. The van der Waals surface area contributed by atoms with E-state index >= 15 is 0 Å². The summed E-state index contributed by atoms with van der Waals surface area (Å²) >= 11 is 1.38. The number of halogens is 1. The maximum atomic E-state index is 13.0. The molecule has 1 aliphatic heterocycles. The fourth-order valence-electron chi connectivity index (χ4n) is 3.63. The van der Waals surface area contributed by atoms with Gasteiger partial charge in [0.25, 0.3) is 5.69 Å². The number of hydrogen-bond acceptors (Lipinski definition) is 8. The molecule has 3 aromatic rings. The molecule has 0 saturated carbocycles. The van der Waals surface area contributed by atoms with E-state index in [1.165, 1.54) is 35.6 Å². The molecule has 2 heterocycles. The summed E-state index contributed by atoms with van der Waals surface area (Å²) in [5.41, 5.74) is 0.719. The van der Waals surface area contributed by atoms with Gasteiger partial charge in [-0.3, -0.25) is 14.9 Å². The van der Waals surface area contributed by atoms with Crippen LogP contribution in [-0.4, -0.2) is 61.1 Å². The Labute approximate surface area is 193 Å². The predicted octanol–water partition coefficient (Wildman–Crippen LogP) is 3.25. The topological polar surface area (TPSA) is 114 Å². The first-order valence-electron chi connectivity index (χ1n) is 10.3. The number of anilines is 1. The molecule has 9 nitrogen and oxygen atoms in total. The number of non-ortho nitro benzene ring substituents is 1. The van der Waals surface area contributed by atoms with Crippen LogP contribution in [0.3, 0.4) is 0 Å². The number of fused-ring (bicyclic) bond motifs is 1. The van der Waals surface area contributed by atoms with E-state index in [9.17, 15) is 27.7 Å². The standard InChI is InChI=1S/C21H21FN4O5S2/c22-15-3-6-17(7-4-15)33(30,31)13-1-2-20(27)24-9-11-25(12-10-24)21-23-18-8-5-16(26(28)29)14-19(18)32-21/h3-8,14H,1-2,9-13H2. The van der Waals surface area contributed by atoms with E-state index in [1.807, 2.05) is 4.90 Å². The van der Waals surface area contributed by atoms with Gasteiger partial charge in [0.2, 0.25) is 5.91 Å². The van der Waals surface area contributed by atoms with Crippen molar-refractivity contribution in [3.05, 3.63) is 58.4 Å². The van der Waals surface area contributed by atoms with Crippen LogP contribution >= 0.6 is 11.3 Å². The quantitative estimate of drug-likeness (QED) is 0.283. The van der Waals surface area contributed by atoms with Crippen molar-refractivity contribution in [2.24, 2.45) is 0 Å². The highest BCUT2D eigenvalue weighted by molar-refractivity contribution is 7.91. The SMILES string of the molecule is O=C(CCCS(=O)(=O)c1ccc(F)cc1)N1CCN(c2nc3ccc([N+](=O)[O-])cc3s2)CC1. The Morgan fingerprint density at radius 1 is 1.12 bits per heavy atom. The minimum Gasteiger partial charge on any atom is -0.345 e. The number of rotatable bonds is 7. The molecule has 2 aromatic carbocycles. The van der Waals surface area contributed by atoms with Crippen LogP contribution in [0, 0.1) is 15.9 Å². The number of nitro groups is 1. The molecule has 1 fully saturated rings. The van der Waals surface area contributed by atoms with E-state index in [0.29, 0.717) is 31.7 Å². The monoisotopic (exact) mass is 492 g/mol. The first-order chi connectivity index (χ1) is 15.7. The number of nitro benzene ring substituents is 1. The summed E-state index contributed by atoms with van der Waals surface area (Å²) in [5.74, 6) is -0.790. The molecule has 1 aromatic heterocycles. The second-order valence-electron chi connectivity index (χ2n) is 7.65. The summed E-state index contributed by atoms with van der Waals surface area (Å²) in [5, 5.41) is 11.7. The molecule has 0 N–H and O–H groups in total. The minimum atomic E-state index is -3.56. The van der Waals surface area contributed by atoms with Crippen molar-refractivity contribution in [3.63, 3.8) is 0 Å². The number of hydrogen-bond donors (Lipinski definition) is 0. The highest BCUT2D eigenvalue weighted by atomic mass is 32.2. The largest absolute Gasteiger partial charge is 0.345 e. The van der Waals surface area contributed by atoms with Crippen molar-refractivity contribution in [2.75, 3.05) is 36.8 Å². The van der Waals surface area contributed by atoms with Crippen LogP contribution in [0.2, 0.25) is 0 Å². The number of aromatic nitrogens is 1. The fraction of sp³-hybridized carbons (Fsp3) is 0.333. The zero-order valence-electron chi connectivity index (χ0n) is 17.5. The third-order valence-corrected chi connectivity index (χ3v) is 8.35. The third-order valence-electron chi connectivity index (χ3n) is 5.45. The van der Waals surface area contributed by atoms with Crippen molar-refractivity contribution >= 4 is 48.1 Å². The summed E-state index contributed by atoms with van der Waals surface area (Å²) < 4.78 is 38.4. The average Bonchev–Trinajstić information content (AvgIpc) is 3.22. The summed E-state index contributed by atoms with van der Waals surface area (Å²) in [6.07, 6.45) is 0.306. The normalized spacial score (nSPS) is 14.6. The Hall–Kier alpha value is -3.12. The van der Waals surface area contributed by atoms with Gasteiger partial charge in [-0.1, -0.05) is 11.3 Å². The number of thiazole rings is 1. The maximum Gasteiger partial charge on any atom is 0.270 e. The Morgan fingerprint density at radius 2 is 1.82 bits per heavy atom. The summed E-state index contributed by atoms with van der Waals surface area (Å²) in [6, 6.07) is 9.23. The van der Waals surface area contributed by atoms with Crippen LogP contribution in [-0.2, 0) is 14.6 Å². The lowest BCUT2D eigenvalue weighted by molar-refractivity contribution is -0.384. The zero-order chi connectivity index (χ0) is 23.6. The number of sulfone groups is 1.